The number of likely N-dealkylation sites (tertiary alicyclic amines) is 1. The summed E-state index contributed by atoms with van der Waals surface area (Å²) in [4.78, 5) is 7.04. The zero-order valence-electron chi connectivity index (χ0n) is 11.0. The van der Waals surface area contributed by atoms with Gasteiger partial charge in [-0.25, -0.2) is 4.98 Å². The molecule has 0 spiro atoms. The van der Waals surface area contributed by atoms with Gasteiger partial charge in [0.25, 0.3) is 0 Å². The minimum Gasteiger partial charge on any atom is -0.361 e. The molecule has 1 aromatic carbocycles. The first-order valence-corrected chi connectivity index (χ1v) is 8.30. The Kier molecular flexibility index (Phi) is 4.05. The predicted octanol–water partition coefficient (Wildman–Crippen LogP) is 3.81. The molecule has 0 unspecified atom stereocenters. The van der Waals surface area contributed by atoms with E-state index in [-0.39, 0.29) is 0 Å². The SMILES string of the molecule is CN1CCC(CNc2nc3ccc(Br)cc3s2)CC1. The molecular formula is C14H18BrN3S. The molecule has 1 N–H and O–H groups in total. The molecule has 2 aromatic rings. The van der Waals surface area contributed by atoms with E-state index < -0.39 is 0 Å². The van der Waals surface area contributed by atoms with Crippen LogP contribution in [0.5, 0.6) is 0 Å². The predicted molar refractivity (Wildman–Crippen MR) is 86.0 cm³/mol. The second kappa shape index (κ2) is 5.77. The summed E-state index contributed by atoms with van der Waals surface area (Å²) in [6.45, 7) is 3.49. The van der Waals surface area contributed by atoms with Gasteiger partial charge in [-0.15, -0.1) is 0 Å². The Morgan fingerprint density at radius 1 is 1.42 bits per heavy atom. The standard InChI is InChI=1S/C14H18BrN3S/c1-18-6-4-10(5-7-18)9-16-14-17-12-3-2-11(15)8-13(12)19-14/h2-3,8,10H,4-7,9H2,1H3,(H,16,17). The van der Waals surface area contributed by atoms with Crippen LogP contribution in [0.25, 0.3) is 10.2 Å². The zero-order chi connectivity index (χ0) is 13.2. The van der Waals surface area contributed by atoms with Crippen LogP contribution in [0, 0.1) is 5.92 Å². The zero-order valence-corrected chi connectivity index (χ0v) is 13.4. The lowest BCUT2D eigenvalue weighted by Gasteiger charge is -2.28. The molecule has 3 rings (SSSR count). The van der Waals surface area contributed by atoms with E-state index in [2.05, 4.69) is 50.3 Å². The summed E-state index contributed by atoms with van der Waals surface area (Å²) in [7, 11) is 2.20. The number of fused-ring (bicyclic) bond motifs is 1. The van der Waals surface area contributed by atoms with Gasteiger partial charge in [-0.1, -0.05) is 27.3 Å². The first-order valence-electron chi connectivity index (χ1n) is 6.69. The molecular weight excluding hydrogens is 322 g/mol. The van der Waals surface area contributed by atoms with Crippen LogP contribution < -0.4 is 5.32 Å². The fourth-order valence-corrected chi connectivity index (χ4v) is 3.90. The third-order valence-electron chi connectivity index (χ3n) is 3.73. The smallest absolute Gasteiger partial charge is 0.183 e. The number of aromatic nitrogens is 1. The number of piperidine rings is 1. The molecule has 102 valence electrons. The highest BCUT2D eigenvalue weighted by molar-refractivity contribution is 9.10. The summed E-state index contributed by atoms with van der Waals surface area (Å²) in [6, 6.07) is 6.24. The Labute approximate surface area is 126 Å². The first kappa shape index (κ1) is 13.3. The van der Waals surface area contributed by atoms with Gasteiger partial charge in [-0.2, -0.15) is 0 Å². The van der Waals surface area contributed by atoms with E-state index in [1.54, 1.807) is 11.3 Å². The van der Waals surface area contributed by atoms with Crippen molar-refractivity contribution in [1.82, 2.24) is 9.88 Å². The van der Waals surface area contributed by atoms with Crippen molar-refractivity contribution < 1.29 is 0 Å². The van der Waals surface area contributed by atoms with Crippen molar-refractivity contribution in [3.63, 3.8) is 0 Å². The highest BCUT2D eigenvalue weighted by atomic mass is 79.9. The Morgan fingerprint density at radius 2 is 2.21 bits per heavy atom. The maximum atomic E-state index is 4.63. The summed E-state index contributed by atoms with van der Waals surface area (Å²) in [5.74, 6) is 0.787. The van der Waals surface area contributed by atoms with Crippen LogP contribution >= 0.6 is 27.3 Å². The number of thiazole rings is 1. The van der Waals surface area contributed by atoms with Crippen molar-refractivity contribution in [3.8, 4) is 0 Å². The minimum absolute atomic E-state index is 0.787. The molecule has 0 amide bonds. The van der Waals surface area contributed by atoms with Gasteiger partial charge in [0.15, 0.2) is 5.13 Å². The Bertz CT molecular complexity index is 561. The number of hydrogen-bond acceptors (Lipinski definition) is 4. The maximum absolute atomic E-state index is 4.63. The van der Waals surface area contributed by atoms with Gasteiger partial charge < -0.3 is 10.2 Å². The number of hydrogen-bond donors (Lipinski definition) is 1. The van der Waals surface area contributed by atoms with E-state index in [1.165, 1.54) is 30.6 Å². The van der Waals surface area contributed by atoms with Crippen LogP contribution in [-0.4, -0.2) is 36.6 Å². The first-order chi connectivity index (χ1) is 9.20. The number of halogens is 1. The maximum Gasteiger partial charge on any atom is 0.183 e. The van der Waals surface area contributed by atoms with Gasteiger partial charge in [0.05, 0.1) is 10.2 Å². The summed E-state index contributed by atoms with van der Waals surface area (Å²) in [6.07, 6.45) is 2.58. The molecule has 1 fully saturated rings. The number of nitrogens with one attached hydrogen (secondary N) is 1. The van der Waals surface area contributed by atoms with E-state index in [9.17, 15) is 0 Å². The largest absolute Gasteiger partial charge is 0.361 e. The average molecular weight is 340 g/mol. The average Bonchev–Trinajstić information content (AvgIpc) is 2.80. The van der Waals surface area contributed by atoms with Gasteiger partial charge in [0, 0.05) is 11.0 Å². The van der Waals surface area contributed by atoms with Crippen molar-refractivity contribution >= 4 is 42.6 Å². The molecule has 1 aliphatic rings. The highest BCUT2D eigenvalue weighted by Crippen LogP contribution is 2.29. The highest BCUT2D eigenvalue weighted by Gasteiger charge is 2.16. The molecule has 1 aromatic heterocycles. The van der Waals surface area contributed by atoms with E-state index in [0.29, 0.717) is 0 Å². The molecule has 0 saturated carbocycles. The monoisotopic (exact) mass is 339 g/mol. The summed E-state index contributed by atoms with van der Waals surface area (Å²) < 4.78 is 2.35. The van der Waals surface area contributed by atoms with Crippen molar-refractivity contribution in [2.45, 2.75) is 12.8 Å². The second-order valence-corrected chi connectivity index (χ2v) is 7.20. The van der Waals surface area contributed by atoms with Gasteiger partial charge in [-0.05, 0) is 57.1 Å². The molecule has 0 atom stereocenters. The van der Waals surface area contributed by atoms with E-state index in [4.69, 9.17) is 0 Å². The number of rotatable bonds is 3. The molecule has 0 radical (unpaired) electrons. The molecule has 1 aliphatic heterocycles. The van der Waals surface area contributed by atoms with Crippen LogP contribution in [0.3, 0.4) is 0 Å². The normalized spacial score (nSPS) is 18.0. The lowest BCUT2D eigenvalue weighted by Crippen LogP contribution is -2.32. The van der Waals surface area contributed by atoms with Crippen LogP contribution in [0.4, 0.5) is 5.13 Å². The molecule has 0 bridgehead atoms. The lowest BCUT2D eigenvalue weighted by atomic mass is 9.97. The third kappa shape index (κ3) is 3.27. The molecule has 0 aliphatic carbocycles. The fourth-order valence-electron chi connectivity index (χ4n) is 2.47. The summed E-state index contributed by atoms with van der Waals surface area (Å²) >= 11 is 5.24. The van der Waals surface area contributed by atoms with Crippen molar-refractivity contribution in [1.29, 1.82) is 0 Å². The topological polar surface area (TPSA) is 28.2 Å². The summed E-state index contributed by atoms with van der Waals surface area (Å²) in [5, 5.41) is 4.56. The van der Waals surface area contributed by atoms with Crippen molar-refractivity contribution in [3.05, 3.63) is 22.7 Å². The third-order valence-corrected chi connectivity index (χ3v) is 5.20. The molecule has 3 nitrogen and oxygen atoms in total. The van der Waals surface area contributed by atoms with Crippen LogP contribution in [0.2, 0.25) is 0 Å². The molecule has 19 heavy (non-hydrogen) atoms. The van der Waals surface area contributed by atoms with Gasteiger partial charge >= 0.3 is 0 Å². The van der Waals surface area contributed by atoms with Crippen LogP contribution in [0.15, 0.2) is 22.7 Å². The Balaban J connectivity index is 1.62. The fraction of sp³-hybridized carbons (Fsp3) is 0.500. The number of benzene rings is 1. The van der Waals surface area contributed by atoms with Crippen molar-refractivity contribution in [2.75, 3.05) is 32.0 Å². The molecule has 2 heterocycles. The van der Waals surface area contributed by atoms with Gasteiger partial charge in [0.2, 0.25) is 0 Å². The minimum atomic E-state index is 0.787. The second-order valence-electron chi connectivity index (χ2n) is 5.26. The number of nitrogens with zero attached hydrogens (tertiary/aromatic N) is 2. The van der Waals surface area contributed by atoms with E-state index in [1.807, 2.05) is 6.07 Å². The summed E-state index contributed by atoms with van der Waals surface area (Å²) in [5.41, 5.74) is 1.08. The van der Waals surface area contributed by atoms with Crippen molar-refractivity contribution in [2.24, 2.45) is 5.92 Å². The van der Waals surface area contributed by atoms with E-state index >= 15 is 0 Å². The van der Waals surface area contributed by atoms with E-state index in [0.717, 1.165) is 27.6 Å². The van der Waals surface area contributed by atoms with Crippen LogP contribution in [-0.2, 0) is 0 Å². The Morgan fingerprint density at radius 3 is 3.00 bits per heavy atom. The lowest BCUT2D eigenvalue weighted by molar-refractivity contribution is 0.226. The number of anilines is 1. The van der Waals surface area contributed by atoms with Crippen LogP contribution in [0.1, 0.15) is 12.8 Å². The van der Waals surface area contributed by atoms with Gasteiger partial charge in [0.1, 0.15) is 0 Å². The Hall–Kier alpha value is -0.650. The quantitative estimate of drug-likeness (QED) is 0.921. The molecule has 1 saturated heterocycles. The molecule has 5 heteroatoms. The van der Waals surface area contributed by atoms with Gasteiger partial charge in [-0.3, -0.25) is 0 Å².